The van der Waals surface area contributed by atoms with Gasteiger partial charge in [0, 0.05) is 16.9 Å². The average molecular weight is 474 g/mol. The minimum atomic E-state index is -0.569. The van der Waals surface area contributed by atoms with Gasteiger partial charge < -0.3 is 10.6 Å². The van der Waals surface area contributed by atoms with Crippen LogP contribution < -0.4 is 15.5 Å². The van der Waals surface area contributed by atoms with Crippen LogP contribution in [0.15, 0.2) is 83.5 Å². The number of benzene rings is 3. The van der Waals surface area contributed by atoms with Crippen molar-refractivity contribution in [2.45, 2.75) is 26.7 Å². The summed E-state index contributed by atoms with van der Waals surface area (Å²) in [6.45, 7) is 4.03. The van der Waals surface area contributed by atoms with E-state index in [2.05, 4.69) is 17.6 Å². The van der Waals surface area contributed by atoms with Crippen molar-refractivity contribution in [1.29, 1.82) is 0 Å². The first-order valence-corrected chi connectivity index (χ1v) is 11.4. The Morgan fingerprint density at radius 1 is 0.824 bits per heavy atom. The van der Waals surface area contributed by atoms with Crippen molar-refractivity contribution in [1.82, 2.24) is 0 Å². The number of anilines is 3. The quantitative estimate of drug-likeness (QED) is 0.444. The summed E-state index contributed by atoms with van der Waals surface area (Å²) in [6.07, 6.45) is 1.60. The Kier molecular flexibility index (Phi) is 6.80. The molecule has 7 heteroatoms. The van der Waals surface area contributed by atoms with E-state index in [1.807, 2.05) is 43.3 Å². The molecular weight excluding hydrogens is 450 g/mol. The van der Waals surface area contributed by atoms with Gasteiger partial charge in [-0.25, -0.2) is 4.90 Å². The van der Waals surface area contributed by atoms with Crippen molar-refractivity contribution in [3.05, 3.63) is 100 Å². The van der Waals surface area contributed by atoms with Crippen LogP contribution in [0.1, 0.15) is 35.3 Å². The van der Waals surface area contributed by atoms with Crippen LogP contribution >= 0.6 is 11.6 Å². The van der Waals surface area contributed by atoms with Gasteiger partial charge in [0.2, 0.25) is 0 Å². The SMILES string of the molecule is CCc1ccc(NC(=O)c2ccc(NC3=C(Cl)C(=O)N(c4ccccc4CC)C3=O)cc2)cc1. The Balaban J connectivity index is 1.47. The summed E-state index contributed by atoms with van der Waals surface area (Å²) >= 11 is 6.25. The third-order valence-electron chi connectivity index (χ3n) is 5.68. The number of imide groups is 1. The molecule has 0 spiro atoms. The van der Waals surface area contributed by atoms with Crippen LogP contribution in [0.3, 0.4) is 0 Å². The van der Waals surface area contributed by atoms with Gasteiger partial charge in [0.05, 0.1) is 5.69 Å². The lowest BCUT2D eigenvalue weighted by molar-refractivity contribution is -0.120. The summed E-state index contributed by atoms with van der Waals surface area (Å²) in [4.78, 5) is 39.5. The molecule has 0 bridgehead atoms. The molecule has 1 aliphatic rings. The number of para-hydroxylation sites is 1. The lowest BCUT2D eigenvalue weighted by Crippen LogP contribution is -2.33. The topological polar surface area (TPSA) is 78.5 Å². The van der Waals surface area contributed by atoms with Crippen molar-refractivity contribution in [3.8, 4) is 0 Å². The fraction of sp³-hybridized carbons (Fsp3) is 0.148. The highest BCUT2D eigenvalue weighted by atomic mass is 35.5. The van der Waals surface area contributed by atoms with Gasteiger partial charge in [0.25, 0.3) is 17.7 Å². The number of aryl methyl sites for hydroxylation is 2. The third kappa shape index (κ3) is 4.58. The summed E-state index contributed by atoms with van der Waals surface area (Å²) in [5.41, 5.74) is 4.29. The van der Waals surface area contributed by atoms with Crippen molar-refractivity contribution >= 4 is 46.4 Å². The molecule has 34 heavy (non-hydrogen) atoms. The molecule has 1 aliphatic heterocycles. The maximum Gasteiger partial charge on any atom is 0.283 e. The summed E-state index contributed by atoms with van der Waals surface area (Å²) in [7, 11) is 0. The van der Waals surface area contributed by atoms with E-state index in [-0.39, 0.29) is 16.6 Å². The average Bonchev–Trinajstić information content (AvgIpc) is 3.07. The molecule has 0 saturated heterocycles. The van der Waals surface area contributed by atoms with E-state index in [9.17, 15) is 14.4 Å². The van der Waals surface area contributed by atoms with Crippen LogP contribution in [-0.2, 0) is 22.4 Å². The molecule has 0 unspecified atom stereocenters. The number of hydrogen-bond acceptors (Lipinski definition) is 4. The second-order valence-electron chi connectivity index (χ2n) is 7.82. The van der Waals surface area contributed by atoms with Gasteiger partial charge in [0.1, 0.15) is 10.7 Å². The van der Waals surface area contributed by atoms with Crippen LogP contribution in [0.5, 0.6) is 0 Å². The van der Waals surface area contributed by atoms with Crippen molar-refractivity contribution in [3.63, 3.8) is 0 Å². The standard InChI is InChI=1S/C27H24ClN3O3/c1-3-17-9-13-21(14-10-17)30-25(32)19-11-15-20(16-12-19)29-24-23(28)26(33)31(27(24)34)22-8-6-5-7-18(22)4-2/h5-16,29H,3-4H2,1-2H3,(H,30,32). The number of hydrogen-bond donors (Lipinski definition) is 2. The Morgan fingerprint density at radius 3 is 2.12 bits per heavy atom. The second-order valence-corrected chi connectivity index (χ2v) is 8.20. The molecule has 4 rings (SSSR count). The maximum atomic E-state index is 13.1. The van der Waals surface area contributed by atoms with Crippen LogP contribution in [0.2, 0.25) is 0 Å². The Labute approximate surface area is 203 Å². The molecule has 0 radical (unpaired) electrons. The van der Waals surface area contributed by atoms with Crippen LogP contribution in [-0.4, -0.2) is 17.7 Å². The first-order valence-electron chi connectivity index (χ1n) is 11.1. The molecule has 1 heterocycles. The smallest absolute Gasteiger partial charge is 0.283 e. The van der Waals surface area contributed by atoms with Crippen molar-refractivity contribution < 1.29 is 14.4 Å². The lowest BCUT2D eigenvalue weighted by atomic mass is 10.1. The van der Waals surface area contributed by atoms with Gasteiger partial charge in [-0.1, -0.05) is 55.8 Å². The molecule has 3 aromatic rings. The van der Waals surface area contributed by atoms with Gasteiger partial charge >= 0.3 is 0 Å². The molecule has 0 saturated carbocycles. The molecule has 0 aromatic heterocycles. The van der Waals surface area contributed by atoms with E-state index in [0.29, 0.717) is 29.0 Å². The monoisotopic (exact) mass is 473 g/mol. The molecule has 0 atom stereocenters. The van der Waals surface area contributed by atoms with E-state index >= 15 is 0 Å². The number of carbonyl (C=O) groups is 3. The fourth-order valence-electron chi connectivity index (χ4n) is 3.73. The fourth-order valence-corrected chi connectivity index (χ4v) is 3.95. The maximum absolute atomic E-state index is 13.1. The molecule has 0 fully saturated rings. The van der Waals surface area contributed by atoms with Crippen LogP contribution in [0, 0.1) is 0 Å². The first-order chi connectivity index (χ1) is 16.4. The minimum Gasteiger partial charge on any atom is -0.350 e. The van der Waals surface area contributed by atoms with E-state index in [1.54, 1.807) is 36.4 Å². The number of halogens is 1. The van der Waals surface area contributed by atoms with E-state index in [4.69, 9.17) is 11.6 Å². The molecular formula is C27H24ClN3O3. The molecule has 3 aromatic carbocycles. The highest BCUT2D eigenvalue weighted by Crippen LogP contribution is 2.32. The van der Waals surface area contributed by atoms with Crippen molar-refractivity contribution in [2.75, 3.05) is 15.5 Å². The summed E-state index contributed by atoms with van der Waals surface area (Å²) < 4.78 is 0. The Hall–Kier alpha value is -3.90. The molecule has 0 aliphatic carbocycles. The third-order valence-corrected chi connectivity index (χ3v) is 6.03. The number of carbonyl (C=O) groups excluding carboxylic acids is 3. The summed E-state index contributed by atoms with van der Waals surface area (Å²) in [5, 5.41) is 5.63. The van der Waals surface area contributed by atoms with Gasteiger partial charge in [0.15, 0.2) is 0 Å². The van der Waals surface area contributed by atoms with Gasteiger partial charge in [-0.3, -0.25) is 14.4 Å². The van der Waals surface area contributed by atoms with Gasteiger partial charge in [-0.15, -0.1) is 0 Å². The first kappa shape index (κ1) is 23.3. The lowest BCUT2D eigenvalue weighted by Gasteiger charge is -2.18. The highest BCUT2D eigenvalue weighted by molar-refractivity contribution is 6.53. The zero-order valence-corrected chi connectivity index (χ0v) is 19.6. The molecule has 3 amide bonds. The number of nitrogens with one attached hydrogen (secondary N) is 2. The highest BCUT2D eigenvalue weighted by Gasteiger charge is 2.39. The Morgan fingerprint density at radius 2 is 1.47 bits per heavy atom. The number of rotatable bonds is 7. The van der Waals surface area contributed by atoms with Crippen LogP contribution in [0.4, 0.5) is 17.1 Å². The minimum absolute atomic E-state index is 0.00536. The summed E-state index contributed by atoms with van der Waals surface area (Å²) in [5.74, 6) is -1.34. The zero-order valence-electron chi connectivity index (χ0n) is 18.9. The van der Waals surface area contributed by atoms with E-state index in [0.717, 1.165) is 16.9 Å². The predicted octanol–water partition coefficient (Wildman–Crippen LogP) is 5.50. The normalized spacial score (nSPS) is 13.4. The zero-order chi connectivity index (χ0) is 24.2. The predicted molar refractivity (Wildman–Crippen MR) is 135 cm³/mol. The number of nitrogens with zero attached hydrogens (tertiary/aromatic N) is 1. The number of amides is 3. The largest absolute Gasteiger partial charge is 0.350 e. The second kappa shape index (κ2) is 9.93. The molecule has 2 N–H and O–H groups in total. The van der Waals surface area contributed by atoms with Gasteiger partial charge in [-0.05, 0) is 66.4 Å². The molecule has 6 nitrogen and oxygen atoms in total. The van der Waals surface area contributed by atoms with Crippen LogP contribution in [0.25, 0.3) is 0 Å². The van der Waals surface area contributed by atoms with E-state index < -0.39 is 11.8 Å². The Bertz CT molecular complexity index is 1280. The van der Waals surface area contributed by atoms with E-state index in [1.165, 1.54) is 5.56 Å². The van der Waals surface area contributed by atoms with Gasteiger partial charge in [-0.2, -0.15) is 0 Å². The summed E-state index contributed by atoms with van der Waals surface area (Å²) in [6, 6.07) is 21.5. The van der Waals surface area contributed by atoms with Crippen molar-refractivity contribution in [2.24, 2.45) is 0 Å². The molecule has 172 valence electrons.